The lowest BCUT2D eigenvalue weighted by Crippen LogP contribution is -2.33. The van der Waals surface area contributed by atoms with Gasteiger partial charge in [0.1, 0.15) is 11.0 Å². The maximum atomic E-state index is 11.8. The molecule has 0 aliphatic heterocycles. The summed E-state index contributed by atoms with van der Waals surface area (Å²) in [5.41, 5.74) is 0.0814. The van der Waals surface area contributed by atoms with Gasteiger partial charge in [0, 0.05) is 13.7 Å². The third kappa shape index (κ3) is 4.68. The lowest BCUT2D eigenvalue weighted by molar-refractivity contribution is -0.119. The van der Waals surface area contributed by atoms with Crippen molar-refractivity contribution in [2.75, 3.05) is 32.1 Å². The predicted octanol–water partition coefficient (Wildman–Crippen LogP) is -0.187. The van der Waals surface area contributed by atoms with E-state index in [0.29, 0.717) is 18.8 Å². The average Bonchev–Trinajstić information content (AvgIpc) is 2.43. The van der Waals surface area contributed by atoms with E-state index in [1.807, 2.05) is 0 Å². The predicted molar refractivity (Wildman–Crippen MR) is 78.4 cm³/mol. The van der Waals surface area contributed by atoms with E-state index in [0.717, 1.165) is 4.68 Å². The number of carbonyl (C=O) groups excluding carboxylic acids is 1. The number of nitrogens with one attached hydrogen (secondary N) is 2. The number of hydrogen-bond donors (Lipinski definition) is 2. The van der Waals surface area contributed by atoms with Gasteiger partial charge in [0.05, 0.1) is 25.0 Å². The van der Waals surface area contributed by atoms with Crippen molar-refractivity contribution in [3.05, 3.63) is 21.0 Å². The van der Waals surface area contributed by atoms with Gasteiger partial charge in [0.15, 0.2) is 0 Å². The second-order valence-corrected chi connectivity index (χ2v) is 4.53. The van der Waals surface area contributed by atoms with Crippen LogP contribution in [0.3, 0.4) is 0 Å². The van der Waals surface area contributed by atoms with Crippen LogP contribution >= 0.6 is 15.9 Å². The Kier molecular flexibility index (Phi) is 6.76. The first-order chi connectivity index (χ1) is 9.60. The van der Waals surface area contributed by atoms with E-state index in [9.17, 15) is 9.59 Å². The Hall–Kier alpha value is -1.85. The molecule has 8 heteroatoms. The molecule has 0 fully saturated rings. The molecule has 0 saturated carbocycles. The van der Waals surface area contributed by atoms with Gasteiger partial charge in [-0.25, -0.2) is 4.68 Å². The Bertz CT molecular complexity index is 565. The number of terminal acetylenes is 1. The van der Waals surface area contributed by atoms with Crippen LogP contribution in [0.1, 0.15) is 0 Å². The van der Waals surface area contributed by atoms with E-state index in [4.69, 9.17) is 11.2 Å². The molecule has 2 N–H and O–H groups in total. The second-order valence-electron chi connectivity index (χ2n) is 3.74. The van der Waals surface area contributed by atoms with E-state index in [1.54, 1.807) is 7.11 Å². The zero-order chi connectivity index (χ0) is 15.0. The summed E-state index contributed by atoms with van der Waals surface area (Å²) in [4.78, 5) is 23.3. The minimum atomic E-state index is -0.354. The largest absolute Gasteiger partial charge is 0.383 e. The van der Waals surface area contributed by atoms with Crippen molar-refractivity contribution in [1.29, 1.82) is 0 Å². The molecule has 0 aromatic carbocycles. The van der Waals surface area contributed by atoms with Crippen LogP contribution in [0.15, 0.2) is 15.5 Å². The zero-order valence-corrected chi connectivity index (χ0v) is 12.6. The molecule has 0 radical (unpaired) electrons. The van der Waals surface area contributed by atoms with Crippen LogP contribution in [-0.4, -0.2) is 42.5 Å². The van der Waals surface area contributed by atoms with Crippen LogP contribution in [0, 0.1) is 12.3 Å². The third-order valence-electron chi connectivity index (χ3n) is 2.29. The number of aromatic nitrogens is 2. The number of anilines is 1. The number of hydrogen-bond acceptors (Lipinski definition) is 5. The van der Waals surface area contributed by atoms with Crippen LogP contribution < -0.4 is 16.2 Å². The summed E-state index contributed by atoms with van der Waals surface area (Å²) in [7, 11) is 1.55. The third-order valence-corrected chi connectivity index (χ3v) is 3.06. The highest BCUT2D eigenvalue weighted by Crippen LogP contribution is 2.15. The van der Waals surface area contributed by atoms with E-state index in [2.05, 4.69) is 37.6 Å². The summed E-state index contributed by atoms with van der Waals surface area (Å²) in [6, 6.07) is 0. The summed E-state index contributed by atoms with van der Waals surface area (Å²) in [5, 5.41) is 9.37. The first-order valence-electron chi connectivity index (χ1n) is 5.78. The Morgan fingerprint density at radius 3 is 3.05 bits per heavy atom. The average molecular weight is 343 g/mol. The van der Waals surface area contributed by atoms with Gasteiger partial charge in [-0.3, -0.25) is 9.59 Å². The Morgan fingerprint density at radius 1 is 1.65 bits per heavy atom. The molecule has 1 amide bonds. The molecule has 0 bridgehead atoms. The first-order valence-corrected chi connectivity index (χ1v) is 6.58. The fraction of sp³-hybridized carbons (Fsp3) is 0.417. The number of amides is 1. The van der Waals surface area contributed by atoms with Crippen molar-refractivity contribution in [3.8, 4) is 12.3 Å². The minimum Gasteiger partial charge on any atom is -0.383 e. The normalized spacial score (nSPS) is 9.85. The molecule has 0 atom stereocenters. The minimum absolute atomic E-state index is 0.0303. The van der Waals surface area contributed by atoms with Gasteiger partial charge in [-0.2, -0.15) is 5.10 Å². The lowest BCUT2D eigenvalue weighted by atomic mass is 10.4. The van der Waals surface area contributed by atoms with Crippen LogP contribution in [0.4, 0.5) is 5.69 Å². The highest BCUT2D eigenvalue weighted by molar-refractivity contribution is 9.10. The lowest BCUT2D eigenvalue weighted by Gasteiger charge is -2.09. The summed E-state index contributed by atoms with van der Waals surface area (Å²) in [6.07, 6.45) is 6.57. The van der Waals surface area contributed by atoms with Crippen molar-refractivity contribution in [2.45, 2.75) is 6.54 Å². The maximum Gasteiger partial charge on any atom is 0.284 e. The summed E-state index contributed by atoms with van der Waals surface area (Å²) in [5.74, 6) is 2.13. The topological polar surface area (TPSA) is 85.2 Å². The van der Waals surface area contributed by atoms with Gasteiger partial charge in [-0.15, -0.1) is 6.42 Å². The van der Waals surface area contributed by atoms with Crippen LogP contribution in [0.25, 0.3) is 0 Å². The van der Waals surface area contributed by atoms with Crippen LogP contribution in [0.2, 0.25) is 0 Å². The molecule has 1 rings (SSSR count). The highest BCUT2D eigenvalue weighted by atomic mass is 79.9. The molecule has 0 saturated heterocycles. The van der Waals surface area contributed by atoms with E-state index >= 15 is 0 Å². The molecule has 1 heterocycles. The molecular formula is C12H15BrN4O3. The van der Waals surface area contributed by atoms with Gasteiger partial charge >= 0.3 is 0 Å². The fourth-order valence-corrected chi connectivity index (χ4v) is 1.77. The van der Waals surface area contributed by atoms with Gasteiger partial charge in [0.25, 0.3) is 5.56 Å². The molecule has 1 aromatic rings. The molecular weight excluding hydrogens is 328 g/mol. The molecule has 1 aromatic heterocycles. The fourth-order valence-electron chi connectivity index (χ4n) is 1.32. The van der Waals surface area contributed by atoms with Gasteiger partial charge in [-0.05, 0) is 15.9 Å². The summed E-state index contributed by atoms with van der Waals surface area (Å²) in [6.45, 7) is 0.997. The number of methoxy groups -OCH3 is 1. The number of nitrogens with zero attached hydrogens (tertiary/aromatic N) is 2. The number of rotatable bonds is 7. The summed E-state index contributed by atoms with van der Waals surface area (Å²) >= 11 is 3.16. The van der Waals surface area contributed by atoms with Gasteiger partial charge in [-0.1, -0.05) is 5.92 Å². The number of ether oxygens (including phenoxy) is 1. The molecule has 0 aliphatic carbocycles. The van der Waals surface area contributed by atoms with Crippen molar-refractivity contribution < 1.29 is 9.53 Å². The molecule has 0 spiro atoms. The van der Waals surface area contributed by atoms with Gasteiger partial charge in [0.2, 0.25) is 5.91 Å². The van der Waals surface area contributed by atoms with E-state index in [1.165, 1.54) is 6.20 Å². The monoisotopic (exact) mass is 342 g/mol. The molecule has 108 valence electrons. The number of halogens is 1. The van der Waals surface area contributed by atoms with Crippen LogP contribution in [0.5, 0.6) is 0 Å². The molecule has 7 nitrogen and oxygen atoms in total. The Labute approximate surface area is 124 Å². The summed E-state index contributed by atoms with van der Waals surface area (Å²) < 4.78 is 6.24. The van der Waals surface area contributed by atoms with Crippen molar-refractivity contribution in [2.24, 2.45) is 0 Å². The SMILES string of the molecule is C#CCn1ncc(NCC(=O)NCCOC)c(Br)c1=O. The standard InChI is InChI=1S/C12H15BrN4O3/c1-3-5-17-12(19)11(13)9(7-16-17)15-8-10(18)14-4-6-20-2/h1,7,15H,4-6,8H2,2H3,(H,14,18). The van der Waals surface area contributed by atoms with E-state index < -0.39 is 0 Å². The number of carbonyl (C=O) groups is 1. The highest BCUT2D eigenvalue weighted by Gasteiger charge is 2.09. The molecule has 0 aliphatic rings. The quantitative estimate of drug-likeness (QED) is 0.530. The van der Waals surface area contributed by atoms with Crippen molar-refractivity contribution in [3.63, 3.8) is 0 Å². The van der Waals surface area contributed by atoms with Crippen molar-refractivity contribution in [1.82, 2.24) is 15.1 Å². The maximum absolute atomic E-state index is 11.8. The Balaban J connectivity index is 2.61. The van der Waals surface area contributed by atoms with Crippen LogP contribution in [-0.2, 0) is 16.1 Å². The smallest absolute Gasteiger partial charge is 0.284 e. The Morgan fingerprint density at radius 2 is 2.40 bits per heavy atom. The second kappa shape index (κ2) is 8.35. The molecule has 20 heavy (non-hydrogen) atoms. The zero-order valence-electron chi connectivity index (χ0n) is 11.0. The first kappa shape index (κ1) is 16.2. The van der Waals surface area contributed by atoms with Gasteiger partial charge < -0.3 is 15.4 Å². The van der Waals surface area contributed by atoms with E-state index in [-0.39, 0.29) is 29.0 Å². The molecule has 0 unspecified atom stereocenters. The van der Waals surface area contributed by atoms with Crippen molar-refractivity contribution >= 4 is 27.5 Å².